The van der Waals surface area contributed by atoms with Crippen LogP contribution in [-0.2, 0) is 4.74 Å². The van der Waals surface area contributed by atoms with Gasteiger partial charge in [0.15, 0.2) is 0 Å². The largest absolute Gasteiger partial charge is 0.383 e. The quantitative estimate of drug-likeness (QED) is 0.663. The second kappa shape index (κ2) is 6.58. The number of nitrogens with one attached hydrogen (secondary N) is 1. The molecule has 0 bridgehead atoms. The number of hydrogen-bond acceptors (Lipinski definition) is 3. The van der Waals surface area contributed by atoms with Gasteiger partial charge in [-0.25, -0.2) is 0 Å². The van der Waals surface area contributed by atoms with Gasteiger partial charge in [-0.3, -0.25) is 0 Å². The molecule has 3 heteroatoms. The Bertz CT molecular complexity index is 194. The van der Waals surface area contributed by atoms with E-state index in [9.17, 15) is 0 Å². The molecule has 2 rings (SSSR count). The predicted octanol–water partition coefficient (Wildman–Crippen LogP) is 1.34. The standard InChI is InChI=1S/C13H26N2O/c1-16-8-6-14-9-13-3-2-7-15(11-13)10-12-4-5-12/h12-14H,2-11H2,1H3. The fourth-order valence-electron chi connectivity index (χ4n) is 2.63. The molecule has 16 heavy (non-hydrogen) atoms. The first kappa shape index (κ1) is 12.3. The van der Waals surface area contributed by atoms with Crippen molar-refractivity contribution in [2.45, 2.75) is 25.7 Å². The van der Waals surface area contributed by atoms with Crippen molar-refractivity contribution in [3.05, 3.63) is 0 Å². The van der Waals surface area contributed by atoms with Crippen LogP contribution in [0.3, 0.4) is 0 Å². The van der Waals surface area contributed by atoms with E-state index in [-0.39, 0.29) is 0 Å². The first-order chi connectivity index (χ1) is 7.88. The average molecular weight is 226 g/mol. The van der Waals surface area contributed by atoms with E-state index in [0.29, 0.717) is 0 Å². The molecule has 1 aliphatic carbocycles. The lowest BCUT2D eigenvalue weighted by Gasteiger charge is -2.32. The van der Waals surface area contributed by atoms with Crippen LogP contribution in [0.5, 0.6) is 0 Å². The first-order valence-corrected chi connectivity index (χ1v) is 6.80. The van der Waals surface area contributed by atoms with Crippen molar-refractivity contribution in [3.63, 3.8) is 0 Å². The number of piperidine rings is 1. The molecule has 1 unspecified atom stereocenters. The number of ether oxygens (including phenoxy) is 1. The molecule has 0 amide bonds. The van der Waals surface area contributed by atoms with Crippen molar-refractivity contribution in [3.8, 4) is 0 Å². The summed E-state index contributed by atoms with van der Waals surface area (Å²) in [6.45, 7) is 7.02. The van der Waals surface area contributed by atoms with Crippen molar-refractivity contribution < 1.29 is 4.74 Å². The Balaban J connectivity index is 1.57. The molecule has 2 fully saturated rings. The highest BCUT2D eigenvalue weighted by Crippen LogP contribution is 2.31. The van der Waals surface area contributed by atoms with Crippen LogP contribution >= 0.6 is 0 Å². The van der Waals surface area contributed by atoms with Crippen molar-refractivity contribution in [1.29, 1.82) is 0 Å². The predicted molar refractivity (Wildman–Crippen MR) is 66.6 cm³/mol. The van der Waals surface area contributed by atoms with Gasteiger partial charge in [-0.15, -0.1) is 0 Å². The van der Waals surface area contributed by atoms with Gasteiger partial charge >= 0.3 is 0 Å². The lowest BCUT2D eigenvalue weighted by molar-refractivity contribution is 0.160. The van der Waals surface area contributed by atoms with Crippen LogP contribution in [0.25, 0.3) is 0 Å². The summed E-state index contributed by atoms with van der Waals surface area (Å²) in [4.78, 5) is 2.68. The molecule has 0 aromatic carbocycles. The van der Waals surface area contributed by atoms with Crippen molar-refractivity contribution in [1.82, 2.24) is 10.2 Å². The van der Waals surface area contributed by atoms with Gasteiger partial charge in [-0.05, 0) is 50.6 Å². The Hall–Kier alpha value is -0.120. The summed E-state index contributed by atoms with van der Waals surface area (Å²) in [6, 6.07) is 0. The van der Waals surface area contributed by atoms with Crippen molar-refractivity contribution in [2.75, 3.05) is 46.4 Å². The lowest BCUT2D eigenvalue weighted by Crippen LogP contribution is -2.41. The maximum Gasteiger partial charge on any atom is 0.0587 e. The Morgan fingerprint density at radius 1 is 1.25 bits per heavy atom. The van der Waals surface area contributed by atoms with Crippen LogP contribution in [0.1, 0.15) is 25.7 Å². The van der Waals surface area contributed by atoms with Crippen molar-refractivity contribution in [2.24, 2.45) is 11.8 Å². The van der Waals surface area contributed by atoms with E-state index in [1.807, 2.05) is 0 Å². The molecule has 1 N–H and O–H groups in total. The highest BCUT2D eigenvalue weighted by atomic mass is 16.5. The van der Waals surface area contributed by atoms with E-state index >= 15 is 0 Å². The van der Waals surface area contributed by atoms with Crippen LogP contribution in [0.2, 0.25) is 0 Å². The molecule has 0 aromatic rings. The number of nitrogens with zero attached hydrogens (tertiary/aromatic N) is 1. The minimum atomic E-state index is 0.832. The van der Waals surface area contributed by atoms with Gasteiger partial charge in [0, 0.05) is 26.7 Å². The molecule has 0 spiro atoms. The third-order valence-electron chi connectivity index (χ3n) is 3.73. The van der Waals surface area contributed by atoms with Crippen LogP contribution in [-0.4, -0.2) is 51.3 Å². The summed E-state index contributed by atoms with van der Waals surface area (Å²) in [6.07, 6.45) is 5.75. The SMILES string of the molecule is COCCNCC1CCCN(CC2CC2)C1. The van der Waals surface area contributed by atoms with Gasteiger partial charge in [0.25, 0.3) is 0 Å². The topological polar surface area (TPSA) is 24.5 Å². The zero-order valence-corrected chi connectivity index (χ0v) is 10.6. The highest BCUT2D eigenvalue weighted by molar-refractivity contribution is 4.81. The molecule has 1 saturated carbocycles. The molecule has 2 aliphatic rings. The highest BCUT2D eigenvalue weighted by Gasteiger charge is 2.27. The summed E-state index contributed by atoms with van der Waals surface area (Å²) in [5, 5.41) is 3.49. The molecule has 1 heterocycles. The molecule has 0 aromatic heterocycles. The lowest BCUT2D eigenvalue weighted by atomic mass is 9.98. The van der Waals surface area contributed by atoms with E-state index in [2.05, 4.69) is 10.2 Å². The van der Waals surface area contributed by atoms with Crippen LogP contribution in [0, 0.1) is 11.8 Å². The number of methoxy groups -OCH3 is 1. The second-order valence-electron chi connectivity index (χ2n) is 5.41. The number of hydrogen-bond donors (Lipinski definition) is 1. The zero-order valence-electron chi connectivity index (χ0n) is 10.6. The van der Waals surface area contributed by atoms with E-state index in [1.54, 1.807) is 7.11 Å². The Morgan fingerprint density at radius 2 is 2.12 bits per heavy atom. The van der Waals surface area contributed by atoms with Crippen LogP contribution in [0.4, 0.5) is 0 Å². The Labute approximate surface area is 99.5 Å². The fraction of sp³-hybridized carbons (Fsp3) is 1.00. The van der Waals surface area contributed by atoms with E-state index in [4.69, 9.17) is 4.74 Å². The summed E-state index contributed by atoms with van der Waals surface area (Å²) in [5.74, 6) is 1.91. The average Bonchev–Trinajstić information content (AvgIpc) is 3.09. The second-order valence-corrected chi connectivity index (χ2v) is 5.41. The van der Waals surface area contributed by atoms with Crippen LogP contribution in [0.15, 0.2) is 0 Å². The minimum Gasteiger partial charge on any atom is -0.383 e. The Morgan fingerprint density at radius 3 is 2.88 bits per heavy atom. The smallest absolute Gasteiger partial charge is 0.0587 e. The molecular weight excluding hydrogens is 200 g/mol. The van der Waals surface area contributed by atoms with Gasteiger partial charge in [0.2, 0.25) is 0 Å². The van der Waals surface area contributed by atoms with Gasteiger partial charge in [0.1, 0.15) is 0 Å². The number of likely N-dealkylation sites (tertiary alicyclic amines) is 1. The maximum atomic E-state index is 5.04. The molecule has 94 valence electrons. The minimum absolute atomic E-state index is 0.832. The van der Waals surface area contributed by atoms with Gasteiger partial charge in [-0.2, -0.15) is 0 Å². The fourth-order valence-corrected chi connectivity index (χ4v) is 2.63. The summed E-state index contributed by atoms with van der Waals surface area (Å²) in [7, 11) is 1.76. The molecule has 1 saturated heterocycles. The summed E-state index contributed by atoms with van der Waals surface area (Å²) >= 11 is 0. The molecule has 1 atom stereocenters. The van der Waals surface area contributed by atoms with E-state index in [1.165, 1.54) is 51.9 Å². The molecule has 1 aliphatic heterocycles. The van der Waals surface area contributed by atoms with E-state index in [0.717, 1.165) is 25.0 Å². The van der Waals surface area contributed by atoms with Gasteiger partial charge < -0.3 is 15.0 Å². The van der Waals surface area contributed by atoms with Gasteiger partial charge in [-0.1, -0.05) is 0 Å². The monoisotopic (exact) mass is 226 g/mol. The Kier molecular flexibility index (Phi) is 5.07. The summed E-state index contributed by atoms with van der Waals surface area (Å²) in [5.41, 5.74) is 0. The molecule has 3 nitrogen and oxygen atoms in total. The van der Waals surface area contributed by atoms with E-state index < -0.39 is 0 Å². The zero-order chi connectivity index (χ0) is 11.2. The summed E-state index contributed by atoms with van der Waals surface area (Å²) < 4.78 is 5.04. The van der Waals surface area contributed by atoms with Crippen molar-refractivity contribution >= 4 is 0 Å². The third kappa shape index (κ3) is 4.40. The van der Waals surface area contributed by atoms with Gasteiger partial charge in [0.05, 0.1) is 6.61 Å². The van der Waals surface area contributed by atoms with Crippen LogP contribution < -0.4 is 5.32 Å². The molecular formula is C13H26N2O. The number of rotatable bonds is 7. The third-order valence-corrected chi connectivity index (χ3v) is 3.73. The maximum absolute atomic E-state index is 5.04. The normalized spacial score (nSPS) is 27.2. The molecule has 0 radical (unpaired) electrons. The first-order valence-electron chi connectivity index (χ1n) is 6.80.